The molecule has 1 rings (SSSR count). The maximum absolute atomic E-state index is 5.86. The first-order valence-electron chi connectivity index (χ1n) is 5.28. The fraction of sp³-hybridized carbons (Fsp3) is 0.538. The Morgan fingerprint density at radius 1 is 0.929 bits per heavy atom. The van der Waals surface area contributed by atoms with Gasteiger partial charge in [0.1, 0.15) is 0 Å². The summed E-state index contributed by atoms with van der Waals surface area (Å²) in [7, 11) is 0. The van der Waals surface area contributed by atoms with Crippen molar-refractivity contribution in [1.29, 1.82) is 0 Å². The molecule has 0 heterocycles. The second-order valence-corrected chi connectivity index (χ2v) is 4.88. The van der Waals surface area contributed by atoms with E-state index in [0.29, 0.717) is 11.8 Å². The zero-order chi connectivity index (χ0) is 10.7. The van der Waals surface area contributed by atoms with E-state index in [1.807, 2.05) is 12.1 Å². The van der Waals surface area contributed by atoms with Gasteiger partial charge in [0.15, 0.2) is 0 Å². The van der Waals surface area contributed by atoms with E-state index in [9.17, 15) is 0 Å². The number of benzene rings is 1. The van der Waals surface area contributed by atoms with Crippen LogP contribution in [0.4, 0.5) is 0 Å². The first-order chi connectivity index (χ1) is 6.52. The molecule has 0 aromatic heterocycles. The van der Waals surface area contributed by atoms with Crippen LogP contribution in [0.2, 0.25) is 5.02 Å². The largest absolute Gasteiger partial charge is 0.0843 e. The van der Waals surface area contributed by atoms with Crippen molar-refractivity contribution in [3.63, 3.8) is 0 Å². The molecule has 0 radical (unpaired) electrons. The third kappa shape index (κ3) is 2.75. The molecule has 78 valence electrons. The van der Waals surface area contributed by atoms with Crippen LogP contribution in [-0.2, 0) is 0 Å². The van der Waals surface area contributed by atoms with E-state index < -0.39 is 0 Å². The van der Waals surface area contributed by atoms with Crippen LogP contribution in [0.5, 0.6) is 0 Å². The summed E-state index contributed by atoms with van der Waals surface area (Å²) in [5.74, 6) is 2.03. The van der Waals surface area contributed by atoms with Crippen LogP contribution in [0, 0.1) is 11.8 Å². The van der Waals surface area contributed by atoms with Crippen molar-refractivity contribution < 1.29 is 0 Å². The first kappa shape index (κ1) is 11.6. The Balaban J connectivity index is 2.78. The van der Waals surface area contributed by atoms with Crippen LogP contribution in [0.25, 0.3) is 0 Å². The van der Waals surface area contributed by atoms with Gasteiger partial charge in [-0.1, -0.05) is 51.4 Å². The highest BCUT2D eigenvalue weighted by molar-refractivity contribution is 6.30. The minimum atomic E-state index is 0.604. The molecule has 0 fully saturated rings. The highest BCUT2D eigenvalue weighted by Gasteiger charge is 2.16. The molecule has 1 heteroatoms. The topological polar surface area (TPSA) is 0 Å². The van der Waals surface area contributed by atoms with Crippen molar-refractivity contribution in [2.24, 2.45) is 11.8 Å². The highest BCUT2D eigenvalue weighted by atomic mass is 35.5. The van der Waals surface area contributed by atoms with Crippen molar-refractivity contribution in [3.05, 3.63) is 34.9 Å². The van der Waals surface area contributed by atoms with E-state index in [0.717, 1.165) is 10.9 Å². The van der Waals surface area contributed by atoms with Crippen LogP contribution >= 0.6 is 11.6 Å². The molecule has 2 atom stereocenters. The minimum Gasteiger partial charge on any atom is -0.0843 e. The predicted octanol–water partition coefficient (Wildman–Crippen LogP) is 4.74. The molecule has 0 saturated carbocycles. The van der Waals surface area contributed by atoms with Crippen molar-refractivity contribution in [3.8, 4) is 0 Å². The van der Waals surface area contributed by atoms with Gasteiger partial charge in [-0.2, -0.15) is 0 Å². The molecule has 2 unspecified atom stereocenters. The number of hydrogen-bond acceptors (Lipinski definition) is 0. The van der Waals surface area contributed by atoms with Crippen LogP contribution in [0.3, 0.4) is 0 Å². The number of rotatable bonds is 3. The standard InChI is InChI=1S/C13H19Cl/c1-9(2)10(3)11(4)12-5-7-13(14)8-6-12/h5-11H,1-4H3. The molecule has 0 amide bonds. The van der Waals surface area contributed by atoms with Gasteiger partial charge in [0.2, 0.25) is 0 Å². The molecule has 0 bridgehead atoms. The Bertz CT molecular complexity index is 274. The summed E-state index contributed by atoms with van der Waals surface area (Å²) in [6.45, 7) is 9.14. The average Bonchev–Trinajstić information content (AvgIpc) is 2.16. The van der Waals surface area contributed by atoms with Crippen LogP contribution in [-0.4, -0.2) is 0 Å². The summed E-state index contributed by atoms with van der Waals surface area (Å²) in [5, 5.41) is 0.818. The second-order valence-electron chi connectivity index (χ2n) is 4.44. The Hall–Kier alpha value is -0.490. The lowest BCUT2D eigenvalue weighted by atomic mass is 9.82. The molecular formula is C13H19Cl. The average molecular weight is 211 g/mol. The molecule has 0 aliphatic heterocycles. The summed E-state index contributed by atoms with van der Waals surface area (Å²) >= 11 is 5.86. The summed E-state index contributed by atoms with van der Waals surface area (Å²) in [5.41, 5.74) is 1.38. The van der Waals surface area contributed by atoms with E-state index in [-0.39, 0.29) is 0 Å². The number of halogens is 1. The van der Waals surface area contributed by atoms with Gasteiger partial charge in [0, 0.05) is 5.02 Å². The molecule has 0 nitrogen and oxygen atoms in total. The quantitative estimate of drug-likeness (QED) is 0.677. The van der Waals surface area contributed by atoms with Gasteiger partial charge >= 0.3 is 0 Å². The van der Waals surface area contributed by atoms with E-state index >= 15 is 0 Å². The molecular weight excluding hydrogens is 192 g/mol. The van der Waals surface area contributed by atoms with E-state index in [2.05, 4.69) is 39.8 Å². The summed E-state index contributed by atoms with van der Waals surface area (Å²) in [6, 6.07) is 8.21. The van der Waals surface area contributed by atoms with Crippen molar-refractivity contribution in [1.82, 2.24) is 0 Å². The minimum absolute atomic E-state index is 0.604. The summed E-state index contributed by atoms with van der Waals surface area (Å²) in [6.07, 6.45) is 0. The van der Waals surface area contributed by atoms with Gasteiger partial charge in [0.05, 0.1) is 0 Å². The Morgan fingerprint density at radius 2 is 1.43 bits per heavy atom. The van der Waals surface area contributed by atoms with E-state index in [1.165, 1.54) is 5.56 Å². The second kappa shape index (κ2) is 4.84. The van der Waals surface area contributed by atoms with Crippen molar-refractivity contribution in [2.75, 3.05) is 0 Å². The molecule has 0 aliphatic rings. The fourth-order valence-corrected chi connectivity index (χ4v) is 1.77. The highest BCUT2D eigenvalue weighted by Crippen LogP contribution is 2.29. The molecule has 0 spiro atoms. The van der Waals surface area contributed by atoms with Crippen LogP contribution in [0.1, 0.15) is 39.2 Å². The zero-order valence-electron chi connectivity index (χ0n) is 9.42. The van der Waals surface area contributed by atoms with Gasteiger partial charge in [-0.05, 0) is 35.4 Å². The van der Waals surface area contributed by atoms with Gasteiger partial charge in [-0.3, -0.25) is 0 Å². The maximum atomic E-state index is 5.86. The predicted molar refractivity (Wildman–Crippen MR) is 63.9 cm³/mol. The van der Waals surface area contributed by atoms with Gasteiger partial charge in [0.25, 0.3) is 0 Å². The van der Waals surface area contributed by atoms with E-state index in [4.69, 9.17) is 11.6 Å². The molecule has 0 N–H and O–H groups in total. The summed E-state index contributed by atoms with van der Waals surface area (Å²) < 4.78 is 0. The molecule has 1 aromatic rings. The lowest BCUT2D eigenvalue weighted by Crippen LogP contribution is -2.12. The fourth-order valence-electron chi connectivity index (χ4n) is 1.65. The first-order valence-corrected chi connectivity index (χ1v) is 5.65. The normalized spacial score (nSPS) is 15.6. The summed E-state index contributed by atoms with van der Waals surface area (Å²) in [4.78, 5) is 0. The Kier molecular flexibility index (Phi) is 4.00. The third-order valence-corrected chi connectivity index (χ3v) is 3.49. The van der Waals surface area contributed by atoms with Gasteiger partial charge < -0.3 is 0 Å². The Labute approximate surface area is 92.3 Å². The molecule has 14 heavy (non-hydrogen) atoms. The molecule has 0 aliphatic carbocycles. The lowest BCUT2D eigenvalue weighted by Gasteiger charge is -2.23. The van der Waals surface area contributed by atoms with Gasteiger partial charge in [-0.25, -0.2) is 0 Å². The monoisotopic (exact) mass is 210 g/mol. The number of hydrogen-bond donors (Lipinski definition) is 0. The van der Waals surface area contributed by atoms with Crippen molar-refractivity contribution in [2.45, 2.75) is 33.6 Å². The van der Waals surface area contributed by atoms with Crippen LogP contribution in [0.15, 0.2) is 24.3 Å². The van der Waals surface area contributed by atoms with Crippen LogP contribution < -0.4 is 0 Å². The van der Waals surface area contributed by atoms with Gasteiger partial charge in [-0.15, -0.1) is 0 Å². The smallest absolute Gasteiger partial charge is 0.0406 e. The van der Waals surface area contributed by atoms with E-state index in [1.54, 1.807) is 0 Å². The SMILES string of the molecule is CC(C)C(C)C(C)c1ccc(Cl)cc1. The zero-order valence-corrected chi connectivity index (χ0v) is 10.2. The Morgan fingerprint density at radius 3 is 1.86 bits per heavy atom. The lowest BCUT2D eigenvalue weighted by molar-refractivity contribution is 0.362. The molecule has 1 aromatic carbocycles. The molecule has 0 saturated heterocycles. The van der Waals surface area contributed by atoms with Crippen molar-refractivity contribution >= 4 is 11.6 Å². The third-order valence-electron chi connectivity index (χ3n) is 3.24. The maximum Gasteiger partial charge on any atom is 0.0406 e.